The fourth-order valence-corrected chi connectivity index (χ4v) is 1.52. The van der Waals surface area contributed by atoms with Gasteiger partial charge in [0, 0.05) is 6.20 Å². The summed E-state index contributed by atoms with van der Waals surface area (Å²) in [4.78, 5) is 14.3. The van der Waals surface area contributed by atoms with E-state index < -0.39 is 4.92 Å². The summed E-state index contributed by atoms with van der Waals surface area (Å²) < 4.78 is 5.52. The first-order chi connectivity index (χ1) is 9.11. The van der Waals surface area contributed by atoms with Crippen molar-refractivity contribution in [2.45, 2.75) is 6.92 Å². The molecule has 2 rings (SSSR count). The molecule has 0 radical (unpaired) electrons. The molecule has 1 aromatic heterocycles. The SMILES string of the molecule is Cc1ncccc1Oc1ccc(C#N)c([N+](=O)[O-])c1. The minimum absolute atomic E-state index is 0.000239. The smallest absolute Gasteiger partial charge is 0.290 e. The van der Waals surface area contributed by atoms with Crippen molar-refractivity contribution in [1.82, 2.24) is 4.98 Å². The van der Waals surface area contributed by atoms with E-state index >= 15 is 0 Å². The van der Waals surface area contributed by atoms with Crippen LogP contribution in [-0.2, 0) is 0 Å². The molecule has 6 heteroatoms. The fraction of sp³-hybridized carbons (Fsp3) is 0.0769. The highest BCUT2D eigenvalue weighted by Crippen LogP contribution is 2.28. The first-order valence-corrected chi connectivity index (χ1v) is 5.40. The predicted octanol–water partition coefficient (Wildman–Crippen LogP) is 2.96. The molecule has 94 valence electrons. The van der Waals surface area contributed by atoms with Crippen LogP contribution in [0.4, 0.5) is 5.69 Å². The fourth-order valence-electron chi connectivity index (χ4n) is 1.52. The van der Waals surface area contributed by atoms with Crippen molar-refractivity contribution >= 4 is 5.69 Å². The molecule has 0 aliphatic heterocycles. The van der Waals surface area contributed by atoms with Gasteiger partial charge in [-0.05, 0) is 31.2 Å². The molecule has 0 saturated carbocycles. The van der Waals surface area contributed by atoms with Gasteiger partial charge in [0.05, 0.1) is 16.7 Å². The summed E-state index contributed by atoms with van der Waals surface area (Å²) in [5.41, 5.74) is 0.399. The maximum atomic E-state index is 10.8. The van der Waals surface area contributed by atoms with Gasteiger partial charge in [0.2, 0.25) is 0 Å². The summed E-state index contributed by atoms with van der Waals surface area (Å²) in [6.07, 6.45) is 1.63. The van der Waals surface area contributed by atoms with Crippen molar-refractivity contribution in [3.05, 3.63) is 57.9 Å². The number of hydrogen-bond donors (Lipinski definition) is 0. The minimum atomic E-state index is -0.610. The van der Waals surface area contributed by atoms with Gasteiger partial charge >= 0.3 is 0 Å². The summed E-state index contributed by atoms with van der Waals surface area (Å²) >= 11 is 0. The molecule has 1 heterocycles. The third-order valence-corrected chi connectivity index (χ3v) is 2.47. The van der Waals surface area contributed by atoms with E-state index in [9.17, 15) is 10.1 Å². The topological polar surface area (TPSA) is 89.0 Å². The lowest BCUT2D eigenvalue weighted by atomic mass is 10.2. The van der Waals surface area contributed by atoms with E-state index in [4.69, 9.17) is 10.00 Å². The van der Waals surface area contributed by atoms with Gasteiger partial charge in [-0.25, -0.2) is 0 Å². The molecule has 2 aromatic rings. The molecule has 0 fully saturated rings. The van der Waals surface area contributed by atoms with Crippen LogP contribution in [-0.4, -0.2) is 9.91 Å². The lowest BCUT2D eigenvalue weighted by molar-refractivity contribution is -0.385. The van der Waals surface area contributed by atoms with Crippen molar-refractivity contribution in [3.63, 3.8) is 0 Å². The second kappa shape index (κ2) is 5.14. The number of rotatable bonds is 3. The molecule has 0 saturated heterocycles. The van der Waals surface area contributed by atoms with E-state index in [0.29, 0.717) is 17.2 Å². The monoisotopic (exact) mass is 255 g/mol. The summed E-state index contributed by atoms with van der Waals surface area (Å²) in [6.45, 7) is 1.77. The van der Waals surface area contributed by atoms with Gasteiger partial charge in [-0.1, -0.05) is 0 Å². The number of hydrogen-bond acceptors (Lipinski definition) is 5. The number of nitrogens with zero attached hydrogens (tertiary/aromatic N) is 3. The minimum Gasteiger partial charge on any atom is -0.455 e. The zero-order chi connectivity index (χ0) is 13.8. The number of aryl methyl sites for hydroxylation is 1. The molecule has 0 atom stereocenters. The molecular formula is C13H9N3O3. The van der Waals surface area contributed by atoms with Gasteiger partial charge < -0.3 is 4.74 Å². The van der Waals surface area contributed by atoms with E-state index in [2.05, 4.69) is 4.98 Å². The Morgan fingerprint density at radius 3 is 2.84 bits per heavy atom. The molecule has 6 nitrogen and oxygen atoms in total. The average molecular weight is 255 g/mol. The maximum absolute atomic E-state index is 10.8. The Kier molecular flexibility index (Phi) is 3.39. The standard InChI is InChI=1S/C13H9N3O3/c1-9-13(3-2-6-15-9)19-11-5-4-10(8-14)12(7-11)16(17)18/h2-7H,1H3. The summed E-state index contributed by atoms with van der Waals surface area (Å²) in [5, 5.41) is 19.6. The normalized spacial score (nSPS) is 9.68. The molecule has 19 heavy (non-hydrogen) atoms. The largest absolute Gasteiger partial charge is 0.455 e. The van der Waals surface area contributed by atoms with Gasteiger partial charge in [-0.2, -0.15) is 5.26 Å². The van der Waals surface area contributed by atoms with Gasteiger partial charge in [0.1, 0.15) is 23.1 Å². The Balaban J connectivity index is 2.38. The second-order valence-electron chi connectivity index (χ2n) is 3.74. The van der Waals surface area contributed by atoms with Crippen molar-refractivity contribution < 1.29 is 9.66 Å². The van der Waals surface area contributed by atoms with Crippen LogP contribution in [0.2, 0.25) is 0 Å². The van der Waals surface area contributed by atoms with Crippen molar-refractivity contribution in [2.75, 3.05) is 0 Å². The second-order valence-corrected chi connectivity index (χ2v) is 3.74. The average Bonchev–Trinajstić information content (AvgIpc) is 2.41. The third-order valence-electron chi connectivity index (χ3n) is 2.47. The van der Waals surface area contributed by atoms with E-state index in [-0.39, 0.29) is 11.3 Å². The van der Waals surface area contributed by atoms with E-state index in [1.165, 1.54) is 18.2 Å². The Hall–Kier alpha value is -2.94. The molecule has 0 bridgehead atoms. The molecule has 0 aliphatic carbocycles. The first kappa shape index (κ1) is 12.5. The lowest BCUT2D eigenvalue weighted by Gasteiger charge is -2.07. The van der Waals surface area contributed by atoms with Crippen LogP contribution in [0.3, 0.4) is 0 Å². The van der Waals surface area contributed by atoms with E-state index in [0.717, 1.165) is 0 Å². The van der Waals surface area contributed by atoms with Crippen LogP contribution < -0.4 is 4.74 Å². The Bertz CT molecular complexity index is 677. The van der Waals surface area contributed by atoms with Gasteiger partial charge in [0.25, 0.3) is 5.69 Å². The number of aromatic nitrogens is 1. The van der Waals surface area contributed by atoms with E-state index in [1.807, 2.05) is 0 Å². The number of benzene rings is 1. The first-order valence-electron chi connectivity index (χ1n) is 5.40. The Morgan fingerprint density at radius 1 is 1.42 bits per heavy atom. The van der Waals surface area contributed by atoms with Crippen LogP contribution in [0, 0.1) is 28.4 Å². The van der Waals surface area contributed by atoms with Gasteiger partial charge in [0.15, 0.2) is 0 Å². The molecule has 0 spiro atoms. The number of nitro benzene ring substituents is 1. The van der Waals surface area contributed by atoms with Crippen LogP contribution in [0.25, 0.3) is 0 Å². The Labute approximate surface area is 109 Å². The molecular weight excluding hydrogens is 246 g/mol. The summed E-state index contributed by atoms with van der Waals surface area (Å²) in [7, 11) is 0. The van der Waals surface area contributed by atoms with E-state index in [1.54, 1.807) is 31.3 Å². The van der Waals surface area contributed by atoms with Gasteiger partial charge in [-0.3, -0.25) is 15.1 Å². The van der Waals surface area contributed by atoms with Crippen LogP contribution in [0.15, 0.2) is 36.5 Å². The maximum Gasteiger partial charge on any atom is 0.290 e. The zero-order valence-electron chi connectivity index (χ0n) is 10.0. The number of nitro groups is 1. The summed E-state index contributed by atoms with van der Waals surface area (Å²) in [6, 6.07) is 9.29. The molecule has 0 amide bonds. The third kappa shape index (κ3) is 2.66. The van der Waals surface area contributed by atoms with Crippen molar-refractivity contribution in [1.29, 1.82) is 5.26 Å². The van der Waals surface area contributed by atoms with Gasteiger partial charge in [-0.15, -0.1) is 0 Å². The number of ether oxygens (including phenoxy) is 1. The molecule has 1 aromatic carbocycles. The highest BCUT2D eigenvalue weighted by atomic mass is 16.6. The molecule has 0 N–H and O–H groups in total. The lowest BCUT2D eigenvalue weighted by Crippen LogP contribution is -1.94. The highest BCUT2D eigenvalue weighted by Gasteiger charge is 2.15. The Morgan fingerprint density at radius 2 is 2.21 bits per heavy atom. The summed E-state index contributed by atoms with van der Waals surface area (Å²) in [5.74, 6) is 0.809. The van der Waals surface area contributed by atoms with Crippen molar-refractivity contribution in [3.8, 4) is 17.6 Å². The number of pyridine rings is 1. The highest BCUT2D eigenvalue weighted by molar-refractivity contribution is 5.53. The molecule has 0 unspecified atom stereocenters. The number of nitriles is 1. The zero-order valence-corrected chi connectivity index (χ0v) is 10.0. The molecule has 0 aliphatic rings. The predicted molar refractivity (Wildman–Crippen MR) is 66.9 cm³/mol. The van der Waals surface area contributed by atoms with Crippen molar-refractivity contribution in [2.24, 2.45) is 0 Å². The van der Waals surface area contributed by atoms with Crippen LogP contribution in [0.1, 0.15) is 11.3 Å². The quantitative estimate of drug-likeness (QED) is 0.621. The van der Waals surface area contributed by atoms with Crippen LogP contribution >= 0.6 is 0 Å². The van der Waals surface area contributed by atoms with Crippen LogP contribution in [0.5, 0.6) is 11.5 Å².